The lowest BCUT2D eigenvalue weighted by molar-refractivity contribution is 0.0528. The topological polar surface area (TPSA) is 66.9 Å². The number of esters is 1. The molecule has 1 aliphatic heterocycles. The lowest BCUT2D eigenvalue weighted by atomic mass is 10.1. The van der Waals surface area contributed by atoms with Crippen molar-refractivity contribution < 1.29 is 17.9 Å². The van der Waals surface area contributed by atoms with E-state index in [-0.39, 0.29) is 16.4 Å². The zero-order valence-corrected chi connectivity index (χ0v) is 20.7. The number of benzene rings is 2. The van der Waals surface area contributed by atoms with Gasteiger partial charge in [-0.1, -0.05) is 42.5 Å². The quantitative estimate of drug-likeness (QED) is 0.474. The normalized spacial score (nSPS) is 14.9. The fourth-order valence-corrected chi connectivity index (χ4v) is 7.19. The van der Waals surface area contributed by atoms with Crippen LogP contribution in [-0.4, -0.2) is 51.5 Å². The van der Waals surface area contributed by atoms with Gasteiger partial charge in [0.15, 0.2) is 0 Å². The zero-order valence-electron chi connectivity index (χ0n) is 19.1. The monoisotopic (exact) mass is 484 g/mol. The highest BCUT2D eigenvalue weighted by molar-refractivity contribution is 7.89. The van der Waals surface area contributed by atoms with Gasteiger partial charge in [-0.05, 0) is 43.5 Å². The fraction of sp³-hybridized carbons (Fsp3) is 0.320. The summed E-state index contributed by atoms with van der Waals surface area (Å²) < 4.78 is 34.4. The summed E-state index contributed by atoms with van der Waals surface area (Å²) in [5.74, 6) is -0.600. The first-order valence-electron chi connectivity index (χ1n) is 11.0. The highest BCUT2D eigenvalue weighted by atomic mass is 32.2. The molecule has 1 saturated heterocycles. The van der Waals surface area contributed by atoms with Gasteiger partial charge in [0, 0.05) is 42.8 Å². The summed E-state index contributed by atoms with van der Waals surface area (Å²) in [6, 6.07) is 15.6. The SMILES string of the molecule is CCOC(=O)c1scc(-c2ccccc2)c1S(=O)(=O)N1CCN(c2cc(C)ccc2C)CC1. The van der Waals surface area contributed by atoms with Gasteiger partial charge in [-0.25, -0.2) is 13.2 Å². The first kappa shape index (κ1) is 23.5. The lowest BCUT2D eigenvalue weighted by Crippen LogP contribution is -2.49. The Labute approximate surface area is 199 Å². The number of hydrogen-bond acceptors (Lipinski definition) is 6. The smallest absolute Gasteiger partial charge is 0.349 e. The molecule has 2 heterocycles. The van der Waals surface area contributed by atoms with Gasteiger partial charge >= 0.3 is 5.97 Å². The second-order valence-electron chi connectivity index (χ2n) is 8.08. The largest absolute Gasteiger partial charge is 0.462 e. The summed E-state index contributed by atoms with van der Waals surface area (Å²) in [6.07, 6.45) is 0. The van der Waals surface area contributed by atoms with Gasteiger partial charge in [-0.3, -0.25) is 0 Å². The van der Waals surface area contributed by atoms with Crippen LogP contribution in [0.2, 0.25) is 0 Å². The van der Waals surface area contributed by atoms with Crippen LogP contribution in [0, 0.1) is 13.8 Å². The highest BCUT2D eigenvalue weighted by Gasteiger charge is 2.36. The molecule has 1 aliphatic rings. The first-order chi connectivity index (χ1) is 15.8. The van der Waals surface area contributed by atoms with E-state index < -0.39 is 16.0 Å². The predicted octanol–water partition coefficient (Wildman–Crippen LogP) is 4.72. The predicted molar refractivity (Wildman–Crippen MR) is 133 cm³/mol. The zero-order chi connectivity index (χ0) is 23.6. The second-order valence-corrected chi connectivity index (χ2v) is 10.8. The lowest BCUT2D eigenvalue weighted by Gasteiger charge is -2.36. The maximum atomic E-state index is 13.8. The van der Waals surface area contributed by atoms with Gasteiger partial charge in [0.25, 0.3) is 0 Å². The van der Waals surface area contributed by atoms with E-state index in [2.05, 4.69) is 36.9 Å². The van der Waals surface area contributed by atoms with Crippen LogP contribution >= 0.6 is 11.3 Å². The molecule has 3 aromatic rings. The summed E-state index contributed by atoms with van der Waals surface area (Å²) in [4.78, 5) is 15.1. The first-order valence-corrected chi connectivity index (χ1v) is 13.3. The minimum Gasteiger partial charge on any atom is -0.462 e. The number of thiophene rings is 1. The van der Waals surface area contributed by atoms with Crippen molar-refractivity contribution in [2.24, 2.45) is 0 Å². The molecule has 33 heavy (non-hydrogen) atoms. The summed E-state index contributed by atoms with van der Waals surface area (Å²) in [5.41, 5.74) is 4.79. The van der Waals surface area contributed by atoms with Crippen molar-refractivity contribution in [2.45, 2.75) is 25.7 Å². The number of sulfonamides is 1. The summed E-state index contributed by atoms with van der Waals surface area (Å²) in [5, 5.41) is 1.74. The summed E-state index contributed by atoms with van der Waals surface area (Å²) in [7, 11) is -3.90. The van der Waals surface area contributed by atoms with Crippen molar-refractivity contribution in [3.05, 3.63) is 69.9 Å². The van der Waals surface area contributed by atoms with Gasteiger partial charge in [0.05, 0.1) is 6.61 Å². The standard InChI is InChI=1S/C25H28N2O4S2/c1-4-31-25(28)23-24(21(17-32-23)20-8-6-5-7-9-20)33(29,30)27-14-12-26(13-15-27)22-16-18(2)10-11-19(22)3/h5-11,16-17H,4,12-15H2,1-3H3. The highest BCUT2D eigenvalue weighted by Crippen LogP contribution is 2.38. The van der Waals surface area contributed by atoms with E-state index >= 15 is 0 Å². The van der Waals surface area contributed by atoms with Crippen molar-refractivity contribution >= 4 is 33.0 Å². The molecule has 0 radical (unpaired) electrons. The van der Waals surface area contributed by atoms with E-state index in [0.717, 1.165) is 22.6 Å². The number of ether oxygens (including phenoxy) is 1. The van der Waals surface area contributed by atoms with Crippen LogP contribution in [0.1, 0.15) is 27.7 Å². The van der Waals surface area contributed by atoms with Gasteiger partial charge in [0.2, 0.25) is 10.0 Å². The molecule has 0 N–H and O–H groups in total. The summed E-state index contributed by atoms with van der Waals surface area (Å²) in [6.45, 7) is 7.90. The maximum Gasteiger partial charge on any atom is 0.349 e. The molecule has 1 fully saturated rings. The molecule has 2 aromatic carbocycles. The van der Waals surface area contributed by atoms with Gasteiger partial charge in [-0.2, -0.15) is 4.31 Å². The third-order valence-electron chi connectivity index (χ3n) is 5.83. The molecule has 174 valence electrons. The fourth-order valence-electron chi connectivity index (χ4n) is 4.12. The van der Waals surface area contributed by atoms with E-state index in [1.54, 1.807) is 12.3 Å². The van der Waals surface area contributed by atoms with Crippen LogP contribution in [-0.2, 0) is 14.8 Å². The van der Waals surface area contributed by atoms with Crippen molar-refractivity contribution in [2.75, 3.05) is 37.7 Å². The second kappa shape index (κ2) is 9.67. The van der Waals surface area contributed by atoms with Crippen LogP contribution in [0.3, 0.4) is 0 Å². The van der Waals surface area contributed by atoms with E-state index in [4.69, 9.17) is 4.74 Å². The average Bonchev–Trinajstić information content (AvgIpc) is 3.28. The maximum absolute atomic E-state index is 13.8. The Morgan fingerprint density at radius 2 is 1.73 bits per heavy atom. The molecule has 0 atom stereocenters. The van der Waals surface area contributed by atoms with Crippen LogP contribution in [0.5, 0.6) is 0 Å². The third-order valence-corrected chi connectivity index (χ3v) is 8.91. The number of anilines is 1. The van der Waals surface area contributed by atoms with Gasteiger partial charge in [0.1, 0.15) is 9.77 Å². The van der Waals surface area contributed by atoms with E-state index in [9.17, 15) is 13.2 Å². The number of aryl methyl sites for hydroxylation is 2. The Kier molecular flexibility index (Phi) is 6.88. The van der Waals surface area contributed by atoms with Crippen LogP contribution in [0.4, 0.5) is 5.69 Å². The van der Waals surface area contributed by atoms with Crippen LogP contribution in [0.25, 0.3) is 11.1 Å². The Hall–Kier alpha value is -2.68. The summed E-state index contributed by atoms with van der Waals surface area (Å²) >= 11 is 1.12. The molecule has 0 bridgehead atoms. The molecular formula is C25H28N2O4S2. The molecule has 8 heteroatoms. The Morgan fingerprint density at radius 3 is 2.39 bits per heavy atom. The number of nitrogens with zero attached hydrogens (tertiary/aromatic N) is 2. The molecule has 0 unspecified atom stereocenters. The van der Waals surface area contributed by atoms with E-state index in [0.29, 0.717) is 31.7 Å². The Balaban J connectivity index is 1.66. The average molecular weight is 485 g/mol. The molecule has 6 nitrogen and oxygen atoms in total. The molecule has 0 amide bonds. The van der Waals surface area contributed by atoms with Gasteiger partial charge < -0.3 is 9.64 Å². The molecule has 0 aliphatic carbocycles. The minimum atomic E-state index is -3.90. The third kappa shape index (κ3) is 4.69. The van der Waals surface area contributed by atoms with Crippen molar-refractivity contribution in [1.29, 1.82) is 0 Å². The van der Waals surface area contributed by atoms with Crippen molar-refractivity contribution in [3.63, 3.8) is 0 Å². The number of carbonyl (C=O) groups excluding carboxylic acids is 1. The molecule has 4 rings (SSSR count). The van der Waals surface area contributed by atoms with Crippen molar-refractivity contribution in [3.8, 4) is 11.1 Å². The minimum absolute atomic E-state index is 0.0531. The van der Waals surface area contributed by atoms with Crippen molar-refractivity contribution in [1.82, 2.24) is 4.31 Å². The van der Waals surface area contributed by atoms with Gasteiger partial charge in [-0.15, -0.1) is 11.3 Å². The number of piperazine rings is 1. The number of carbonyl (C=O) groups is 1. The number of hydrogen-bond donors (Lipinski definition) is 0. The van der Waals surface area contributed by atoms with E-state index in [1.165, 1.54) is 15.4 Å². The Bertz CT molecular complexity index is 1240. The van der Waals surface area contributed by atoms with Crippen LogP contribution in [0.15, 0.2) is 58.8 Å². The van der Waals surface area contributed by atoms with Crippen LogP contribution < -0.4 is 4.90 Å². The molecule has 1 aromatic heterocycles. The molecule has 0 spiro atoms. The molecular weight excluding hydrogens is 456 g/mol. The number of rotatable bonds is 6. The van der Waals surface area contributed by atoms with E-state index in [1.807, 2.05) is 30.3 Å². The molecule has 0 saturated carbocycles. The Morgan fingerprint density at radius 1 is 1.03 bits per heavy atom.